The van der Waals surface area contributed by atoms with Gasteiger partial charge in [-0.05, 0) is 18.2 Å². The molecule has 4 rings (SSSR count). The number of fused-ring (bicyclic) bond motifs is 1. The van der Waals surface area contributed by atoms with Crippen LogP contribution in [0.15, 0.2) is 30.3 Å². The number of hydrogen-bond donors (Lipinski definition) is 8. The van der Waals surface area contributed by atoms with Crippen molar-refractivity contribution in [3.63, 3.8) is 0 Å². The molecule has 0 aromatic heterocycles. The van der Waals surface area contributed by atoms with Crippen LogP contribution in [0.4, 0.5) is 0 Å². The number of aliphatic hydroxyl groups is 6. The third-order valence-corrected chi connectivity index (χ3v) is 5.79. The molecule has 182 valence electrons. The van der Waals surface area contributed by atoms with E-state index in [4.69, 9.17) is 24.1 Å². The molecule has 0 spiro atoms. The molecule has 12 nitrogen and oxygen atoms in total. The molecule has 9 atom stereocenters. The van der Waals surface area contributed by atoms with E-state index >= 15 is 0 Å². The summed E-state index contributed by atoms with van der Waals surface area (Å²) in [5.41, 5.74) is 0. The van der Waals surface area contributed by atoms with Crippen molar-refractivity contribution < 1.29 is 59.8 Å². The van der Waals surface area contributed by atoms with E-state index in [0.717, 1.165) is 0 Å². The molecule has 2 fully saturated rings. The highest BCUT2D eigenvalue weighted by atomic mass is 16.7. The number of benzene rings is 2. The maximum Gasteiger partial charge on any atom is 0.229 e. The summed E-state index contributed by atoms with van der Waals surface area (Å²) in [6, 6.07) is 7.11. The van der Waals surface area contributed by atoms with Gasteiger partial charge in [-0.15, -0.1) is 0 Å². The fraction of sp³-hybridized carbons (Fsp3) is 0.524. The summed E-state index contributed by atoms with van der Waals surface area (Å²) in [6.07, 6.45) is -12.9. The van der Waals surface area contributed by atoms with Crippen LogP contribution in [-0.4, -0.2) is 109 Å². The number of phenols is 2. The molecule has 0 aliphatic carbocycles. The summed E-state index contributed by atoms with van der Waals surface area (Å²) in [4.78, 5) is 0. The molecule has 2 saturated heterocycles. The van der Waals surface area contributed by atoms with Crippen LogP contribution in [0.25, 0.3) is 10.8 Å². The predicted octanol–water partition coefficient (Wildman–Crippen LogP) is -2.11. The van der Waals surface area contributed by atoms with Crippen LogP contribution in [-0.2, 0) is 14.2 Å². The normalized spacial score (nSPS) is 36.8. The van der Waals surface area contributed by atoms with Gasteiger partial charge in [0.25, 0.3) is 0 Å². The van der Waals surface area contributed by atoms with Crippen molar-refractivity contribution in [3.05, 3.63) is 30.3 Å². The Morgan fingerprint density at radius 2 is 1.39 bits per heavy atom. The summed E-state index contributed by atoms with van der Waals surface area (Å²) in [7, 11) is 0. The number of rotatable bonds is 6. The molecule has 8 N–H and O–H groups in total. The lowest BCUT2D eigenvalue weighted by Gasteiger charge is -2.40. The van der Waals surface area contributed by atoms with E-state index in [2.05, 4.69) is 0 Å². The van der Waals surface area contributed by atoms with Gasteiger partial charge in [-0.1, -0.05) is 12.1 Å². The zero-order valence-corrected chi connectivity index (χ0v) is 17.2. The van der Waals surface area contributed by atoms with Gasteiger partial charge in [-0.2, -0.15) is 0 Å². The minimum Gasteiger partial charge on any atom is -0.507 e. The van der Waals surface area contributed by atoms with Crippen molar-refractivity contribution in [1.29, 1.82) is 0 Å². The van der Waals surface area contributed by atoms with E-state index < -0.39 is 68.5 Å². The molecule has 2 aromatic rings. The Kier molecular flexibility index (Phi) is 6.91. The standard InChI is InChI=1S/C21H26O12/c22-6-12-15(25)18(28)20(32-12)30-7-13-16(26)17(27)19(29)21(33-13)31-11-5-4-9(23)8-2-1-3-10(24)14(8)11/h1-5,12-13,15-29H,6-7H2/t12-,13+,15-,16+,17-,18+,19+,20+,21+/m0/s1. The second kappa shape index (κ2) is 9.54. The molecular formula is C21H26O12. The lowest BCUT2D eigenvalue weighted by molar-refractivity contribution is -0.289. The number of hydrogen-bond acceptors (Lipinski definition) is 12. The fourth-order valence-electron chi connectivity index (χ4n) is 3.91. The highest BCUT2D eigenvalue weighted by molar-refractivity contribution is 5.97. The fourth-order valence-corrected chi connectivity index (χ4v) is 3.91. The van der Waals surface area contributed by atoms with Gasteiger partial charge in [0.15, 0.2) is 6.29 Å². The second-order valence-electron chi connectivity index (χ2n) is 7.96. The molecule has 0 radical (unpaired) electrons. The van der Waals surface area contributed by atoms with Gasteiger partial charge in [0.1, 0.15) is 60.0 Å². The van der Waals surface area contributed by atoms with Gasteiger partial charge in [-0.25, -0.2) is 0 Å². The Bertz CT molecular complexity index is 970. The number of ether oxygens (including phenoxy) is 4. The van der Waals surface area contributed by atoms with Crippen LogP contribution in [0, 0.1) is 0 Å². The average Bonchev–Trinajstić information content (AvgIpc) is 3.08. The van der Waals surface area contributed by atoms with E-state index in [9.17, 15) is 35.7 Å². The summed E-state index contributed by atoms with van der Waals surface area (Å²) in [5, 5.41) is 80.6. The Balaban J connectivity index is 1.50. The van der Waals surface area contributed by atoms with Crippen molar-refractivity contribution in [2.75, 3.05) is 13.2 Å². The molecule has 0 saturated carbocycles. The van der Waals surface area contributed by atoms with Crippen LogP contribution in [0.5, 0.6) is 17.2 Å². The molecule has 0 amide bonds. The molecular weight excluding hydrogens is 444 g/mol. The Hall–Kier alpha value is -2.26. The zero-order chi connectivity index (χ0) is 23.9. The second-order valence-corrected chi connectivity index (χ2v) is 7.96. The third kappa shape index (κ3) is 4.45. The van der Waals surface area contributed by atoms with Crippen molar-refractivity contribution in [2.24, 2.45) is 0 Å². The monoisotopic (exact) mass is 470 g/mol. The van der Waals surface area contributed by atoms with Gasteiger partial charge >= 0.3 is 0 Å². The maximum absolute atomic E-state index is 10.4. The van der Waals surface area contributed by atoms with Crippen molar-refractivity contribution in [2.45, 2.75) is 55.3 Å². The predicted molar refractivity (Wildman–Crippen MR) is 108 cm³/mol. The summed E-state index contributed by atoms with van der Waals surface area (Å²) in [5.74, 6) is -0.274. The first-order valence-electron chi connectivity index (χ1n) is 10.3. The van der Waals surface area contributed by atoms with Crippen LogP contribution in [0.2, 0.25) is 0 Å². The first kappa shape index (κ1) is 23.9. The lowest BCUT2D eigenvalue weighted by Crippen LogP contribution is -2.60. The molecule has 2 heterocycles. The van der Waals surface area contributed by atoms with E-state index in [-0.39, 0.29) is 28.0 Å². The molecule has 2 aliphatic rings. The molecule has 12 heteroatoms. The Morgan fingerprint density at radius 3 is 2.09 bits per heavy atom. The molecule has 2 aromatic carbocycles. The highest BCUT2D eigenvalue weighted by Crippen LogP contribution is 2.39. The summed E-state index contributed by atoms with van der Waals surface area (Å²) < 4.78 is 21.8. The minimum atomic E-state index is -1.69. The molecule has 0 bridgehead atoms. The van der Waals surface area contributed by atoms with E-state index in [1.807, 2.05) is 0 Å². The first-order chi connectivity index (χ1) is 15.7. The van der Waals surface area contributed by atoms with Crippen LogP contribution < -0.4 is 4.74 Å². The Morgan fingerprint density at radius 1 is 0.727 bits per heavy atom. The maximum atomic E-state index is 10.4. The quantitative estimate of drug-likeness (QED) is 0.229. The molecule has 33 heavy (non-hydrogen) atoms. The number of phenolic OH excluding ortho intramolecular Hbond substituents is 2. The summed E-state index contributed by atoms with van der Waals surface area (Å²) >= 11 is 0. The third-order valence-electron chi connectivity index (χ3n) is 5.79. The topological polar surface area (TPSA) is 199 Å². The Labute approximate surface area is 187 Å². The highest BCUT2D eigenvalue weighted by Gasteiger charge is 2.47. The SMILES string of the molecule is OC[C@@H]1O[C@@H](OC[C@H]2O[C@@H](Oc3ccc(O)c4cccc(O)c34)[C@H](O)[C@@H](O)[C@@H]2O)[C@H](O)[C@H]1O. The minimum absolute atomic E-state index is 0.0386. The van der Waals surface area contributed by atoms with Crippen molar-refractivity contribution in [3.8, 4) is 17.2 Å². The lowest BCUT2D eigenvalue weighted by atomic mass is 9.99. The van der Waals surface area contributed by atoms with Gasteiger partial charge in [0.05, 0.1) is 18.6 Å². The zero-order valence-electron chi connectivity index (χ0n) is 17.2. The first-order valence-corrected chi connectivity index (χ1v) is 10.3. The van der Waals surface area contributed by atoms with Gasteiger partial charge < -0.3 is 59.8 Å². The van der Waals surface area contributed by atoms with Gasteiger partial charge in [-0.3, -0.25) is 0 Å². The van der Waals surface area contributed by atoms with Crippen LogP contribution in [0.3, 0.4) is 0 Å². The van der Waals surface area contributed by atoms with E-state index in [1.165, 1.54) is 24.3 Å². The number of aliphatic hydroxyl groups excluding tert-OH is 6. The van der Waals surface area contributed by atoms with Gasteiger partial charge in [0, 0.05) is 5.39 Å². The number of aromatic hydroxyl groups is 2. The van der Waals surface area contributed by atoms with Crippen molar-refractivity contribution in [1.82, 2.24) is 0 Å². The summed E-state index contributed by atoms with van der Waals surface area (Å²) in [6.45, 7) is -0.978. The largest absolute Gasteiger partial charge is 0.507 e. The van der Waals surface area contributed by atoms with E-state index in [1.54, 1.807) is 6.07 Å². The smallest absolute Gasteiger partial charge is 0.229 e. The molecule has 2 aliphatic heterocycles. The van der Waals surface area contributed by atoms with Crippen LogP contribution >= 0.6 is 0 Å². The van der Waals surface area contributed by atoms with Gasteiger partial charge in [0.2, 0.25) is 6.29 Å². The average molecular weight is 470 g/mol. The molecule has 0 unspecified atom stereocenters. The van der Waals surface area contributed by atoms with Crippen LogP contribution in [0.1, 0.15) is 0 Å². The van der Waals surface area contributed by atoms with E-state index in [0.29, 0.717) is 0 Å². The van der Waals surface area contributed by atoms with Crippen molar-refractivity contribution >= 4 is 10.8 Å².